The van der Waals surface area contributed by atoms with Gasteiger partial charge in [0.2, 0.25) is 0 Å². The molecule has 5 heteroatoms. The molecular formula is C20H23N5. The van der Waals surface area contributed by atoms with Crippen LogP contribution in [0.1, 0.15) is 32.1 Å². The van der Waals surface area contributed by atoms with Crippen molar-refractivity contribution in [2.75, 3.05) is 18.0 Å². The molecular weight excluding hydrogens is 310 g/mol. The maximum Gasteiger partial charge on any atom is 0.148 e. The van der Waals surface area contributed by atoms with Gasteiger partial charge in [0.1, 0.15) is 11.6 Å². The predicted octanol–water partition coefficient (Wildman–Crippen LogP) is 3.56. The largest absolute Gasteiger partial charge is 0.352 e. The van der Waals surface area contributed by atoms with E-state index in [1.165, 1.54) is 0 Å². The molecule has 3 heterocycles. The summed E-state index contributed by atoms with van der Waals surface area (Å²) in [4.78, 5) is 16.1. The minimum absolute atomic E-state index is 0.132. The second kappa shape index (κ2) is 6.41. The third-order valence-electron chi connectivity index (χ3n) is 4.52. The molecule has 0 bridgehead atoms. The molecule has 0 saturated carbocycles. The number of hydrogen-bond acceptors (Lipinski definition) is 5. The summed E-state index contributed by atoms with van der Waals surface area (Å²) in [6.45, 7) is 6.42. The number of benzene rings is 1. The van der Waals surface area contributed by atoms with Crippen molar-refractivity contribution in [3.8, 4) is 11.1 Å². The van der Waals surface area contributed by atoms with Crippen LogP contribution in [0.5, 0.6) is 0 Å². The van der Waals surface area contributed by atoms with E-state index in [1.54, 1.807) is 0 Å². The van der Waals surface area contributed by atoms with Crippen molar-refractivity contribution in [2.45, 2.75) is 26.3 Å². The third-order valence-corrected chi connectivity index (χ3v) is 4.52. The highest BCUT2D eigenvalue weighted by atomic mass is 15.3. The Morgan fingerprint density at radius 2 is 1.84 bits per heavy atom. The summed E-state index contributed by atoms with van der Waals surface area (Å²) in [7, 11) is 0. The summed E-state index contributed by atoms with van der Waals surface area (Å²) in [5.74, 6) is 2.27. The van der Waals surface area contributed by atoms with Gasteiger partial charge in [0.25, 0.3) is 0 Å². The fourth-order valence-corrected chi connectivity index (χ4v) is 3.22. The first kappa shape index (κ1) is 16.0. The Morgan fingerprint density at radius 1 is 1.08 bits per heavy atom. The second-order valence-corrected chi connectivity index (χ2v) is 7.06. The summed E-state index contributed by atoms with van der Waals surface area (Å²) in [6.07, 6.45) is 4.52. The van der Waals surface area contributed by atoms with Crippen LogP contribution in [0.25, 0.3) is 22.0 Å². The number of rotatable bonds is 5. The Kier molecular flexibility index (Phi) is 4.09. The van der Waals surface area contributed by atoms with Crippen molar-refractivity contribution in [2.24, 2.45) is 11.7 Å². The molecule has 0 spiro atoms. The number of hydrogen-bond donors (Lipinski definition) is 1. The van der Waals surface area contributed by atoms with Gasteiger partial charge in [-0.2, -0.15) is 0 Å². The van der Waals surface area contributed by atoms with Crippen LogP contribution < -0.4 is 10.6 Å². The lowest BCUT2D eigenvalue weighted by Crippen LogP contribution is -2.17. The third kappa shape index (κ3) is 3.20. The van der Waals surface area contributed by atoms with Crippen molar-refractivity contribution < 1.29 is 0 Å². The lowest BCUT2D eigenvalue weighted by molar-refractivity contribution is 0.494. The van der Waals surface area contributed by atoms with Crippen molar-refractivity contribution in [3.05, 3.63) is 48.5 Å². The van der Waals surface area contributed by atoms with Crippen LogP contribution in [-0.2, 0) is 0 Å². The quantitative estimate of drug-likeness (QED) is 0.723. The number of pyridine rings is 1. The van der Waals surface area contributed by atoms with E-state index in [-0.39, 0.29) is 6.04 Å². The predicted molar refractivity (Wildman–Crippen MR) is 101 cm³/mol. The van der Waals surface area contributed by atoms with E-state index in [9.17, 15) is 0 Å². The van der Waals surface area contributed by atoms with E-state index in [1.807, 2.05) is 24.5 Å². The highest BCUT2D eigenvalue weighted by Crippen LogP contribution is 2.36. The number of fused-ring (bicyclic) bond motifs is 1. The first-order valence-corrected chi connectivity index (χ1v) is 8.85. The minimum Gasteiger partial charge on any atom is -0.352 e. The molecule has 1 saturated heterocycles. The highest BCUT2D eigenvalue weighted by molar-refractivity contribution is 6.02. The number of anilines is 1. The molecule has 0 aliphatic carbocycles. The topological polar surface area (TPSA) is 67.7 Å². The van der Waals surface area contributed by atoms with Crippen LogP contribution in [0.15, 0.2) is 42.7 Å². The molecule has 1 atom stereocenters. The molecule has 1 unspecified atom stereocenters. The summed E-state index contributed by atoms with van der Waals surface area (Å²) in [6, 6.07) is 10.2. The van der Waals surface area contributed by atoms with E-state index in [2.05, 4.69) is 41.9 Å². The van der Waals surface area contributed by atoms with Crippen LogP contribution in [0, 0.1) is 5.92 Å². The van der Waals surface area contributed by atoms with Crippen molar-refractivity contribution in [3.63, 3.8) is 0 Å². The average molecular weight is 333 g/mol. The van der Waals surface area contributed by atoms with Crippen LogP contribution in [0.2, 0.25) is 0 Å². The lowest BCUT2D eigenvalue weighted by Gasteiger charge is -2.17. The standard InChI is InChI=1S/C20H23N5/c1-13(2)12-16(21)19-23-17-5-3-4-15(14-6-8-22-9-7-14)18(17)20(24-19)25-10-11-25/h3-9,13,16H,10-12,21H2,1-2H3. The van der Waals surface area contributed by atoms with Crippen molar-refractivity contribution in [1.29, 1.82) is 0 Å². The second-order valence-electron chi connectivity index (χ2n) is 7.06. The molecule has 2 aromatic heterocycles. The van der Waals surface area contributed by atoms with Gasteiger partial charge < -0.3 is 10.6 Å². The molecule has 1 aromatic carbocycles. The number of nitrogens with zero attached hydrogens (tertiary/aromatic N) is 4. The lowest BCUT2D eigenvalue weighted by atomic mass is 10.0. The zero-order valence-electron chi connectivity index (χ0n) is 14.7. The van der Waals surface area contributed by atoms with E-state index in [0.717, 1.165) is 53.2 Å². The van der Waals surface area contributed by atoms with E-state index in [0.29, 0.717) is 5.92 Å². The Hall–Kier alpha value is -2.53. The van der Waals surface area contributed by atoms with Gasteiger partial charge in [-0.1, -0.05) is 26.0 Å². The van der Waals surface area contributed by atoms with Gasteiger partial charge in [0.05, 0.1) is 16.9 Å². The smallest absolute Gasteiger partial charge is 0.148 e. The van der Waals surface area contributed by atoms with Gasteiger partial charge in [-0.25, -0.2) is 9.97 Å². The summed E-state index contributed by atoms with van der Waals surface area (Å²) in [5.41, 5.74) is 9.61. The van der Waals surface area contributed by atoms with Gasteiger partial charge in [-0.3, -0.25) is 4.98 Å². The zero-order chi connectivity index (χ0) is 17.4. The molecule has 2 N–H and O–H groups in total. The molecule has 3 aromatic rings. The zero-order valence-corrected chi connectivity index (χ0v) is 14.7. The van der Waals surface area contributed by atoms with E-state index >= 15 is 0 Å². The van der Waals surface area contributed by atoms with Gasteiger partial charge in [-0.05, 0) is 41.7 Å². The fourth-order valence-electron chi connectivity index (χ4n) is 3.22. The van der Waals surface area contributed by atoms with Gasteiger partial charge in [-0.15, -0.1) is 0 Å². The van der Waals surface area contributed by atoms with E-state index in [4.69, 9.17) is 15.7 Å². The Morgan fingerprint density at radius 3 is 2.52 bits per heavy atom. The van der Waals surface area contributed by atoms with Crippen LogP contribution in [-0.4, -0.2) is 28.0 Å². The Bertz CT molecular complexity index is 887. The molecule has 128 valence electrons. The Balaban J connectivity index is 1.90. The minimum atomic E-state index is -0.132. The van der Waals surface area contributed by atoms with Crippen LogP contribution in [0.4, 0.5) is 5.82 Å². The molecule has 0 radical (unpaired) electrons. The molecule has 0 amide bonds. The van der Waals surface area contributed by atoms with Crippen LogP contribution in [0.3, 0.4) is 0 Å². The van der Waals surface area contributed by atoms with Crippen molar-refractivity contribution >= 4 is 16.7 Å². The number of aromatic nitrogens is 3. The maximum atomic E-state index is 6.37. The SMILES string of the molecule is CC(C)CC(N)c1nc(N2CC2)c2c(-c3ccncc3)cccc2n1. The normalized spacial score (nSPS) is 15.0. The summed E-state index contributed by atoms with van der Waals surface area (Å²) < 4.78 is 0. The van der Waals surface area contributed by atoms with Gasteiger partial charge in [0, 0.05) is 25.5 Å². The highest BCUT2D eigenvalue weighted by Gasteiger charge is 2.26. The van der Waals surface area contributed by atoms with Crippen molar-refractivity contribution in [1.82, 2.24) is 15.0 Å². The summed E-state index contributed by atoms with van der Waals surface area (Å²) >= 11 is 0. The fraction of sp³-hybridized carbons (Fsp3) is 0.350. The molecule has 4 rings (SSSR count). The summed E-state index contributed by atoms with van der Waals surface area (Å²) in [5, 5.41) is 1.10. The van der Waals surface area contributed by atoms with Crippen LogP contribution >= 0.6 is 0 Å². The molecule has 1 fully saturated rings. The Labute approximate surface area is 147 Å². The van der Waals surface area contributed by atoms with Gasteiger partial charge >= 0.3 is 0 Å². The monoisotopic (exact) mass is 333 g/mol. The molecule has 1 aliphatic heterocycles. The average Bonchev–Trinajstić information content (AvgIpc) is 3.45. The number of nitrogens with two attached hydrogens (primary N) is 1. The first-order valence-electron chi connectivity index (χ1n) is 8.85. The first-order chi connectivity index (χ1) is 12.1. The molecule has 25 heavy (non-hydrogen) atoms. The van der Waals surface area contributed by atoms with Gasteiger partial charge in [0.15, 0.2) is 0 Å². The molecule has 1 aliphatic rings. The van der Waals surface area contributed by atoms with E-state index < -0.39 is 0 Å². The maximum absolute atomic E-state index is 6.37. The molecule has 5 nitrogen and oxygen atoms in total.